The first-order valence-electron chi connectivity index (χ1n) is 28.1. The number of rotatable bonds is 9. The van der Waals surface area contributed by atoms with Gasteiger partial charge in [-0.15, -0.1) is 48.1 Å². The van der Waals surface area contributed by atoms with Gasteiger partial charge in [-0.3, -0.25) is 0 Å². The molecule has 0 saturated heterocycles. The predicted octanol–water partition coefficient (Wildman–Crippen LogP) is 18.0. The molecule has 0 N–H and O–H groups in total. The van der Waals surface area contributed by atoms with E-state index in [0.717, 1.165) is 61.3 Å². The van der Waals surface area contributed by atoms with Gasteiger partial charge in [0, 0.05) is 72.5 Å². The van der Waals surface area contributed by atoms with E-state index in [1.165, 1.54) is 27.8 Å². The first-order chi connectivity index (χ1) is 39.4. The zero-order valence-corrected chi connectivity index (χ0v) is 44.6. The van der Waals surface area contributed by atoms with Crippen molar-refractivity contribution in [2.75, 3.05) is 9.80 Å². The average Bonchev–Trinajstić information content (AvgIpc) is 4.33. The minimum Gasteiger partial charge on any atom is -0.509 e. The fraction of sp³-hybridized carbons (Fsp3) is 0.0704. The summed E-state index contributed by atoms with van der Waals surface area (Å²) in [5.74, 6) is 1.79. The Kier molecular flexibility index (Phi) is 10.5. The minimum absolute atomic E-state index is 0. The molecule has 0 radical (unpaired) electrons. The van der Waals surface area contributed by atoms with E-state index in [9.17, 15) is 2.74 Å². The molecule has 77 heavy (non-hydrogen) atoms. The van der Waals surface area contributed by atoms with Crippen molar-refractivity contribution >= 4 is 44.6 Å². The van der Waals surface area contributed by atoms with Gasteiger partial charge in [0.15, 0.2) is 0 Å². The Morgan fingerprint density at radius 1 is 0.532 bits per heavy atom. The molecule has 0 saturated carbocycles. The maximum atomic E-state index is 9.38. The van der Waals surface area contributed by atoms with Crippen LogP contribution in [0.5, 0.6) is 11.5 Å². The van der Waals surface area contributed by atoms with Gasteiger partial charge < -0.3 is 19.1 Å². The van der Waals surface area contributed by atoms with Crippen molar-refractivity contribution in [2.24, 2.45) is 0 Å². The Labute approximate surface area is 471 Å². The van der Waals surface area contributed by atoms with E-state index in [1.54, 1.807) is 0 Å². The number of hydrogen-bond acceptors (Lipinski definition) is 4. The second-order valence-electron chi connectivity index (χ2n) is 20.4. The molecular weight excluding hydrogens is 1120 g/mol. The zero-order valence-electron chi connectivity index (χ0n) is 47.4. The molecule has 6 heteroatoms. The van der Waals surface area contributed by atoms with Crippen LogP contribution in [0.3, 0.4) is 0 Å². The SMILES string of the molecule is [2H]c1c([2H])c([2H])c(-c2cccc(-c3cccc(C4(c5ccccc5)c5ccccc5-c5ccccc54)c3)c2N2[CH-]N(c3[c-]c(Oc4[c-]c5c(cc4)c4ccccc4n5-c4cc(C(C)(C)C)ccn4)ccc3)c3ccccc32)c([2H])c1[2H].[Pt]. The second-order valence-corrected chi connectivity index (χ2v) is 20.4. The fourth-order valence-corrected chi connectivity index (χ4v) is 11.7. The summed E-state index contributed by atoms with van der Waals surface area (Å²) >= 11 is 0. The fourth-order valence-electron chi connectivity index (χ4n) is 11.7. The molecule has 10 aromatic carbocycles. The van der Waals surface area contributed by atoms with Gasteiger partial charge in [0.25, 0.3) is 0 Å². The normalized spacial score (nSPS) is 14.2. The van der Waals surface area contributed by atoms with Crippen molar-refractivity contribution in [1.82, 2.24) is 9.55 Å². The van der Waals surface area contributed by atoms with E-state index in [-0.39, 0.29) is 44.1 Å². The van der Waals surface area contributed by atoms with Gasteiger partial charge in [0.1, 0.15) is 5.82 Å². The summed E-state index contributed by atoms with van der Waals surface area (Å²) in [6.45, 7) is 8.60. The largest absolute Gasteiger partial charge is 0.509 e. The smallest absolute Gasteiger partial charge is 0.135 e. The van der Waals surface area contributed by atoms with Crippen LogP contribution in [0, 0.1) is 18.8 Å². The van der Waals surface area contributed by atoms with Crippen molar-refractivity contribution in [2.45, 2.75) is 31.6 Å². The van der Waals surface area contributed by atoms with Crippen LogP contribution >= 0.6 is 0 Å². The average molecular weight is 1180 g/mol. The van der Waals surface area contributed by atoms with Crippen LogP contribution in [-0.4, -0.2) is 9.55 Å². The number of para-hydroxylation sites is 4. The molecule has 2 aromatic heterocycles. The van der Waals surface area contributed by atoms with Crippen molar-refractivity contribution in [3.63, 3.8) is 0 Å². The van der Waals surface area contributed by atoms with E-state index >= 15 is 0 Å². The van der Waals surface area contributed by atoms with Gasteiger partial charge >= 0.3 is 0 Å². The van der Waals surface area contributed by atoms with Crippen LogP contribution in [-0.2, 0) is 31.9 Å². The Balaban J connectivity index is 0.00000631. The molecular formula is C71H51N4OPt-3. The van der Waals surface area contributed by atoms with E-state index in [0.29, 0.717) is 28.4 Å². The first-order valence-corrected chi connectivity index (χ1v) is 25.6. The maximum Gasteiger partial charge on any atom is 0.135 e. The third kappa shape index (κ3) is 7.91. The van der Waals surface area contributed by atoms with Crippen LogP contribution in [0.4, 0.5) is 22.7 Å². The number of hydrogen-bond donors (Lipinski definition) is 0. The Morgan fingerprint density at radius 2 is 1.16 bits per heavy atom. The number of fused-ring (bicyclic) bond motifs is 7. The quantitative estimate of drug-likeness (QED) is 0.135. The van der Waals surface area contributed by atoms with Gasteiger partial charge in [-0.05, 0) is 97.3 Å². The van der Waals surface area contributed by atoms with Crippen LogP contribution in [0.2, 0.25) is 0 Å². The van der Waals surface area contributed by atoms with Crippen molar-refractivity contribution in [3.05, 3.63) is 295 Å². The molecule has 3 heterocycles. The summed E-state index contributed by atoms with van der Waals surface area (Å²) in [4.78, 5) is 8.99. The van der Waals surface area contributed by atoms with Gasteiger partial charge in [-0.2, -0.15) is 12.1 Å². The van der Waals surface area contributed by atoms with Crippen LogP contribution in [0.15, 0.2) is 249 Å². The van der Waals surface area contributed by atoms with Crippen LogP contribution in [0.1, 0.15) is 55.4 Å². The topological polar surface area (TPSA) is 33.5 Å². The number of aromatic nitrogens is 2. The summed E-state index contributed by atoms with van der Waals surface area (Å²) in [6, 6.07) is 78.3. The maximum absolute atomic E-state index is 9.38. The number of ether oxygens (including phenoxy) is 1. The summed E-state index contributed by atoms with van der Waals surface area (Å²) in [5.41, 5.74) is 14.4. The summed E-state index contributed by atoms with van der Waals surface area (Å²) in [7, 11) is 0. The molecule has 0 bridgehead atoms. The molecule has 1 aliphatic carbocycles. The van der Waals surface area contributed by atoms with Crippen molar-refractivity contribution < 1.29 is 32.7 Å². The van der Waals surface area contributed by atoms with Crippen molar-refractivity contribution in [3.8, 4) is 50.7 Å². The molecule has 374 valence electrons. The molecule has 2 aliphatic rings. The summed E-state index contributed by atoms with van der Waals surface area (Å²) < 4.78 is 54.0. The third-order valence-corrected chi connectivity index (χ3v) is 15.1. The van der Waals surface area contributed by atoms with Crippen LogP contribution < -0.4 is 14.5 Å². The second kappa shape index (κ2) is 19.1. The van der Waals surface area contributed by atoms with E-state index in [1.807, 2.05) is 85.7 Å². The Morgan fingerprint density at radius 3 is 1.92 bits per heavy atom. The molecule has 0 unspecified atom stereocenters. The number of pyridine rings is 1. The molecule has 14 rings (SSSR count). The van der Waals surface area contributed by atoms with Gasteiger partial charge in [-0.1, -0.05) is 202 Å². The molecule has 0 spiro atoms. The zero-order chi connectivity index (χ0) is 55.3. The summed E-state index contributed by atoms with van der Waals surface area (Å²) in [5, 5.41) is 2.12. The molecule has 12 aromatic rings. The Bertz CT molecular complexity index is 4440. The van der Waals surface area contributed by atoms with Crippen molar-refractivity contribution in [1.29, 1.82) is 0 Å². The van der Waals surface area contributed by atoms with Gasteiger partial charge in [0.2, 0.25) is 0 Å². The standard InChI is InChI=1S/C71H51N4O.Pt/c1-70(2,3)51-41-42-72-68(44-51)75-64-36-15-12-31-60(64)61-40-39-55(46-67(61)75)76-54-28-19-27-53(45-54)73-47-74(66-38-17-16-37-65(66)73)69-56(48-21-6-4-7-22-48)32-20-33-57(69)49-23-18-26-52(43-49)71(50-24-8-5-9-25-50)62-34-13-10-29-58(62)59-30-11-14-35-63(59)71;/h4-44,47H,1-3H3;/q-3;/i4D,6D,7D,21D,22D;. The van der Waals surface area contributed by atoms with E-state index in [2.05, 4.69) is 187 Å². The van der Waals surface area contributed by atoms with Crippen LogP contribution in [0.25, 0.3) is 61.0 Å². The molecule has 0 atom stereocenters. The molecule has 0 fully saturated rings. The third-order valence-electron chi connectivity index (χ3n) is 15.1. The molecule has 1 aliphatic heterocycles. The Hall–Kier alpha value is -8.76. The van der Waals surface area contributed by atoms with Gasteiger partial charge in [-0.25, -0.2) is 4.98 Å². The monoisotopic (exact) mass is 1180 g/mol. The minimum atomic E-state index is -0.682. The predicted molar refractivity (Wildman–Crippen MR) is 311 cm³/mol. The number of nitrogens with zero attached hydrogens (tertiary/aromatic N) is 4. The van der Waals surface area contributed by atoms with E-state index in [4.69, 9.17) is 13.8 Å². The number of benzene rings is 10. The first kappa shape index (κ1) is 42.5. The number of anilines is 4. The van der Waals surface area contributed by atoms with Gasteiger partial charge in [0.05, 0.1) is 12.3 Å². The summed E-state index contributed by atoms with van der Waals surface area (Å²) in [6.07, 6.45) is 1.87. The molecule has 0 amide bonds. The van der Waals surface area contributed by atoms with E-state index < -0.39 is 23.5 Å². The molecule has 5 nitrogen and oxygen atoms in total.